The van der Waals surface area contributed by atoms with Crippen LogP contribution in [0.1, 0.15) is 5.56 Å². The molecule has 0 aromatic heterocycles. The van der Waals surface area contributed by atoms with Gasteiger partial charge >= 0.3 is 0 Å². The number of ether oxygens (including phenoxy) is 3. The predicted octanol–water partition coefficient (Wildman–Crippen LogP) is 4.13. The number of hydrogen-bond acceptors (Lipinski definition) is 6. The number of rotatable bonds is 8. The zero-order valence-corrected chi connectivity index (χ0v) is 20.2. The molecular weight excluding hydrogens is 480 g/mol. The lowest BCUT2D eigenvalue weighted by Gasteiger charge is -2.20. The minimum Gasteiger partial charge on any atom is -0.497 e. The molecule has 1 aliphatic rings. The standard InChI is InChI=1S/C24H23ClN2O6S/c1-31-17-7-9-20(23(13-17)32-2)26-24(28)15-33-22-10-8-18(14-19(22)25)34(29,30)27-12-11-16-5-3-4-6-21(16)27/h3-10,13-14H,11-12,15H2,1-2H3,(H,26,28). The maximum absolute atomic E-state index is 13.2. The van der Waals surface area contributed by atoms with E-state index in [1.165, 1.54) is 36.7 Å². The number of amides is 1. The van der Waals surface area contributed by atoms with Gasteiger partial charge in [-0.1, -0.05) is 29.8 Å². The van der Waals surface area contributed by atoms with E-state index in [0.717, 1.165) is 5.56 Å². The summed E-state index contributed by atoms with van der Waals surface area (Å²) in [4.78, 5) is 12.4. The minimum atomic E-state index is -3.79. The molecule has 0 spiro atoms. The van der Waals surface area contributed by atoms with Crippen LogP contribution in [0.2, 0.25) is 5.02 Å². The third-order valence-corrected chi connectivity index (χ3v) is 7.48. The van der Waals surface area contributed by atoms with E-state index in [9.17, 15) is 13.2 Å². The number of halogens is 1. The molecule has 1 amide bonds. The van der Waals surface area contributed by atoms with Gasteiger partial charge in [0.05, 0.1) is 35.5 Å². The first-order chi connectivity index (χ1) is 16.3. The van der Waals surface area contributed by atoms with E-state index < -0.39 is 15.9 Å². The van der Waals surface area contributed by atoms with Crippen molar-refractivity contribution in [1.82, 2.24) is 0 Å². The Balaban J connectivity index is 1.44. The fourth-order valence-electron chi connectivity index (χ4n) is 3.68. The highest BCUT2D eigenvalue weighted by Crippen LogP contribution is 2.35. The van der Waals surface area contributed by atoms with Crippen LogP contribution in [0.4, 0.5) is 11.4 Å². The Hall–Kier alpha value is -3.43. The van der Waals surface area contributed by atoms with Crippen LogP contribution in [0.3, 0.4) is 0 Å². The van der Waals surface area contributed by atoms with E-state index in [1.54, 1.807) is 24.3 Å². The lowest BCUT2D eigenvalue weighted by Crippen LogP contribution is -2.29. The highest BCUT2D eigenvalue weighted by atomic mass is 35.5. The first kappa shape index (κ1) is 23.7. The summed E-state index contributed by atoms with van der Waals surface area (Å²) < 4.78 is 43.7. The van der Waals surface area contributed by atoms with Crippen molar-refractivity contribution in [3.8, 4) is 17.2 Å². The molecule has 178 valence electrons. The summed E-state index contributed by atoms with van der Waals surface area (Å²) in [6.45, 7) is 0.0348. The molecule has 1 aliphatic heterocycles. The van der Waals surface area contributed by atoms with Crippen molar-refractivity contribution >= 4 is 38.9 Å². The van der Waals surface area contributed by atoms with Gasteiger partial charge in [0, 0.05) is 12.6 Å². The molecule has 4 rings (SSSR count). The van der Waals surface area contributed by atoms with Gasteiger partial charge in [-0.15, -0.1) is 0 Å². The van der Waals surface area contributed by atoms with Crippen molar-refractivity contribution in [2.24, 2.45) is 0 Å². The molecule has 10 heteroatoms. The van der Waals surface area contributed by atoms with E-state index >= 15 is 0 Å². The van der Waals surface area contributed by atoms with E-state index in [-0.39, 0.29) is 22.3 Å². The molecule has 3 aromatic carbocycles. The zero-order valence-electron chi connectivity index (χ0n) is 18.6. The van der Waals surface area contributed by atoms with Crippen LogP contribution in [0.25, 0.3) is 0 Å². The number of carbonyl (C=O) groups excluding carboxylic acids is 1. The molecule has 1 heterocycles. The highest BCUT2D eigenvalue weighted by Gasteiger charge is 2.31. The number of nitrogens with one attached hydrogen (secondary N) is 1. The Bertz CT molecular complexity index is 1330. The maximum Gasteiger partial charge on any atom is 0.264 e. The van der Waals surface area contributed by atoms with Gasteiger partial charge in [-0.2, -0.15) is 0 Å². The molecule has 3 aromatic rings. The molecule has 0 bridgehead atoms. The summed E-state index contributed by atoms with van der Waals surface area (Å²) in [6, 6.07) is 16.6. The quantitative estimate of drug-likeness (QED) is 0.498. The highest BCUT2D eigenvalue weighted by molar-refractivity contribution is 7.92. The summed E-state index contributed by atoms with van der Waals surface area (Å²) in [6.07, 6.45) is 0.651. The SMILES string of the molecule is COc1ccc(NC(=O)COc2ccc(S(=O)(=O)N3CCc4ccccc43)cc2Cl)c(OC)c1. The molecule has 0 unspecified atom stereocenters. The first-order valence-corrected chi connectivity index (χ1v) is 12.2. The monoisotopic (exact) mass is 502 g/mol. The van der Waals surface area contributed by atoms with E-state index in [4.69, 9.17) is 25.8 Å². The summed E-state index contributed by atoms with van der Waals surface area (Å²) in [5.41, 5.74) is 2.11. The number of nitrogens with zero attached hydrogens (tertiary/aromatic N) is 1. The Labute approximate surface area is 203 Å². The number of para-hydroxylation sites is 1. The fraction of sp³-hybridized carbons (Fsp3) is 0.208. The van der Waals surface area contributed by atoms with Gasteiger partial charge in [-0.3, -0.25) is 9.10 Å². The molecule has 8 nitrogen and oxygen atoms in total. The maximum atomic E-state index is 13.2. The molecule has 0 fully saturated rings. The molecule has 34 heavy (non-hydrogen) atoms. The number of hydrogen-bond donors (Lipinski definition) is 1. The first-order valence-electron chi connectivity index (χ1n) is 10.4. The van der Waals surface area contributed by atoms with Gasteiger partial charge in [0.2, 0.25) is 0 Å². The predicted molar refractivity (Wildman–Crippen MR) is 130 cm³/mol. The molecular formula is C24H23ClN2O6S. The molecule has 0 radical (unpaired) electrons. The van der Waals surface area contributed by atoms with Crippen molar-refractivity contribution < 1.29 is 27.4 Å². The number of anilines is 2. The van der Waals surface area contributed by atoms with Crippen LogP contribution < -0.4 is 23.8 Å². The third kappa shape index (κ3) is 4.76. The van der Waals surface area contributed by atoms with Gasteiger partial charge in [-0.05, 0) is 48.4 Å². The van der Waals surface area contributed by atoms with Gasteiger partial charge < -0.3 is 19.5 Å². The van der Waals surface area contributed by atoms with Crippen molar-refractivity contribution in [3.05, 3.63) is 71.2 Å². The second kappa shape index (κ2) is 9.82. The Kier molecular flexibility index (Phi) is 6.85. The van der Waals surface area contributed by atoms with Crippen LogP contribution in [0, 0.1) is 0 Å². The summed E-state index contributed by atoms with van der Waals surface area (Å²) >= 11 is 6.29. The third-order valence-electron chi connectivity index (χ3n) is 5.38. The van der Waals surface area contributed by atoms with Gasteiger partial charge in [0.25, 0.3) is 15.9 Å². The number of benzene rings is 3. The van der Waals surface area contributed by atoms with E-state index in [0.29, 0.717) is 35.8 Å². The Morgan fingerprint density at radius 1 is 1.03 bits per heavy atom. The Morgan fingerprint density at radius 2 is 1.82 bits per heavy atom. The van der Waals surface area contributed by atoms with Crippen LogP contribution >= 0.6 is 11.6 Å². The van der Waals surface area contributed by atoms with Gasteiger partial charge in [-0.25, -0.2) is 8.42 Å². The number of carbonyl (C=O) groups is 1. The molecule has 0 saturated heterocycles. The van der Waals surface area contributed by atoms with Gasteiger partial charge in [0.15, 0.2) is 6.61 Å². The molecule has 0 atom stereocenters. The average molecular weight is 503 g/mol. The van der Waals surface area contributed by atoms with Crippen molar-refractivity contribution in [3.63, 3.8) is 0 Å². The van der Waals surface area contributed by atoms with Gasteiger partial charge in [0.1, 0.15) is 17.2 Å². The molecule has 0 aliphatic carbocycles. The normalized spacial score (nSPS) is 12.7. The minimum absolute atomic E-state index is 0.0500. The summed E-state index contributed by atoms with van der Waals surface area (Å²) in [5, 5.41) is 2.78. The van der Waals surface area contributed by atoms with E-state index in [2.05, 4.69) is 5.32 Å². The van der Waals surface area contributed by atoms with Crippen LogP contribution in [-0.4, -0.2) is 41.7 Å². The van der Waals surface area contributed by atoms with Crippen molar-refractivity contribution in [1.29, 1.82) is 0 Å². The lowest BCUT2D eigenvalue weighted by molar-refractivity contribution is -0.118. The van der Waals surface area contributed by atoms with Crippen LogP contribution in [0.15, 0.2) is 65.6 Å². The summed E-state index contributed by atoms with van der Waals surface area (Å²) in [7, 11) is -0.771. The molecule has 0 saturated carbocycles. The van der Waals surface area contributed by atoms with Crippen LogP contribution in [-0.2, 0) is 21.2 Å². The summed E-state index contributed by atoms with van der Waals surface area (Å²) in [5.74, 6) is 0.776. The van der Waals surface area contributed by atoms with Crippen LogP contribution in [0.5, 0.6) is 17.2 Å². The number of sulfonamides is 1. The Morgan fingerprint density at radius 3 is 2.56 bits per heavy atom. The largest absolute Gasteiger partial charge is 0.497 e. The molecule has 1 N–H and O–H groups in total. The lowest BCUT2D eigenvalue weighted by atomic mass is 10.2. The fourth-order valence-corrected chi connectivity index (χ4v) is 5.51. The number of fused-ring (bicyclic) bond motifs is 1. The van der Waals surface area contributed by atoms with E-state index in [1.807, 2.05) is 18.2 Å². The average Bonchev–Trinajstić information content (AvgIpc) is 3.28. The van der Waals surface area contributed by atoms with Crippen molar-refractivity contribution in [2.45, 2.75) is 11.3 Å². The second-order valence-corrected chi connectivity index (χ2v) is 9.72. The zero-order chi connectivity index (χ0) is 24.3. The topological polar surface area (TPSA) is 94.2 Å². The second-order valence-electron chi connectivity index (χ2n) is 7.45. The number of methoxy groups -OCH3 is 2. The van der Waals surface area contributed by atoms with Crippen molar-refractivity contribution in [2.75, 3.05) is 37.0 Å². The smallest absolute Gasteiger partial charge is 0.264 e.